The smallest absolute Gasteiger partial charge is 0.415 e. The monoisotopic (exact) mass is 288 g/mol. The number of hydrogen-bond donors (Lipinski definition) is 3. The minimum Gasteiger partial charge on any atom is -0.480 e. The number of carbonyl (C=O) groups is 2. The third-order valence-corrected chi connectivity index (χ3v) is 2.92. The van der Waals surface area contributed by atoms with Crippen LogP contribution in [0.3, 0.4) is 0 Å². The lowest BCUT2D eigenvalue weighted by Crippen LogP contribution is -2.63. The molecule has 0 heterocycles. The van der Waals surface area contributed by atoms with Crippen molar-refractivity contribution in [2.75, 3.05) is 12.0 Å². The van der Waals surface area contributed by atoms with Crippen LogP contribution in [-0.4, -0.2) is 46.7 Å². The first kappa shape index (κ1) is 17.0. The van der Waals surface area contributed by atoms with E-state index in [0.717, 1.165) is 0 Å². The van der Waals surface area contributed by atoms with E-state index >= 15 is 0 Å². The molecule has 2 atom stereocenters. The molecule has 0 saturated carbocycles. The molecule has 5 nitrogen and oxygen atoms in total. The number of carboxylic acid groups (broad SMARTS) is 1. The van der Waals surface area contributed by atoms with E-state index in [1.807, 2.05) is 0 Å². The molecule has 1 unspecified atom stereocenters. The fraction of sp³-hybridized carbons (Fsp3) is 0.778. The third-order valence-electron chi connectivity index (χ3n) is 2.27. The Morgan fingerprint density at radius 3 is 2.28 bits per heavy atom. The highest BCUT2D eigenvalue weighted by atomic mass is 32.2. The summed E-state index contributed by atoms with van der Waals surface area (Å²) in [6, 6.07) is -1.38. The SMILES string of the molecule is CSCC[C@@H](NC(=O)C(C)(N)C(F)(F)F)C(=O)O. The molecule has 0 aliphatic heterocycles. The molecule has 0 spiro atoms. The lowest BCUT2D eigenvalue weighted by atomic mass is 10.0. The molecule has 9 heteroatoms. The topological polar surface area (TPSA) is 92.4 Å². The highest BCUT2D eigenvalue weighted by Gasteiger charge is 2.54. The van der Waals surface area contributed by atoms with Crippen molar-refractivity contribution in [3.05, 3.63) is 0 Å². The van der Waals surface area contributed by atoms with Gasteiger partial charge in [0.2, 0.25) is 5.91 Å². The first-order valence-corrected chi connectivity index (χ1v) is 6.31. The second kappa shape index (κ2) is 6.28. The molecule has 0 fully saturated rings. The molecule has 0 aromatic rings. The molecule has 4 N–H and O–H groups in total. The van der Waals surface area contributed by atoms with Crippen molar-refractivity contribution in [3.8, 4) is 0 Å². The van der Waals surface area contributed by atoms with Gasteiger partial charge in [0.15, 0.2) is 5.54 Å². The average Bonchev–Trinajstić information content (AvgIpc) is 2.21. The maximum Gasteiger partial charge on any atom is 0.415 e. The molecular formula is C9H15F3N2O3S. The van der Waals surface area contributed by atoms with Gasteiger partial charge in [-0.2, -0.15) is 24.9 Å². The minimum absolute atomic E-state index is 0.0240. The second-order valence-electron chi connectivity index (χ2n) is 3.85. The van der Waals surface area contributed by atoms with E-state index in [4.69, 9.17) is 10.8 Å². The first-order valence-electron chi connectivity index (χ1n) is 4.92. The van der Waals surface area contributed by atoms with Gasteiger partial charge in [0.05, 0.1) is 0 Å². The van der Waals surface area contributed by atoms with Crippen molar-refractivity contribution in [3.63, 3.8) is 0 Å². The van der Waals surface area contributed by atoms with Crippen LogP contribution < -0.4 is 11.1 Å². The second-order valence-corrected chi connectivity index (χ2v) is 4.83. The predicted molar refractivity (Wildman–Crippen MR) is 61.2 cm³/mol. The lowest BCUT2D eigenvalue weighted by Gasteiger charge is -2.27. The molecule has 0 saturated heterocycles. The van der Waals surface area contributed by atoms with Gasteiger partial charge in [-0.3, -0.25) is 4.79 Å². The van der Waals surface area contributed by atoms with E-state index < -0.39 is 29.6 Å². The van der Waals surface area contributed by atoms with Crippen LogP contribution in [0, 0.1) is 0 Å². The van der Waals surface area contributed by atoms with E-state index in [1.54, 1.807) is 11.6 Å². The Hall–Kier alpha value is -0.960. The number of alkyl halides is 3. The summed E-state index contributed by atoms with van der Waals surface area (Å²) in [5.41, 5.74) is 1.77. The van der Waals surface area contributed by atoms with Gasteiger partial charge in [-0.15, -0.1) is 0 Å². The number of amides is 1. The van der Waals surface area contributed by atoms with E-state index in [9.17, 15) is 22.8 Å². The molecule has 0 aromatic heterocycles. The van der Waals surface area contributed by atoms with E-state index in [1.165, 1.54) is 11.8 Å². The number of nitrogens with two attached hydrogens (primary N) is 1. The molecule has 106 valence electrons. The fourth-order valence-electron chi connectivity index (χ4n) is 0.930. The van der Waals surface area contributed by atoms with Crippen LogP contribution in [0.2, 0.25) is 0 Å². The van der Waals surface area contributed by atoms with Gasteiger partial charge in [0, 0.05) is 0 Å². The van der Waals surface area contributed by atoms with Crippen LogP contribution in [0.15, 0.2) is 0 Å². The summed E-state index contributed by atoms with van der Waals surface area (Å²) in [6.07, 6.45) is -3.21. The highest BCUT2D eigenvalue weighted by Crippen LogP contribution is 2.28. The summed E-state index contributed by atoms with van der Waals surface area (Å²) in [5.74, 6) is -2.55. The Balaban J connectivity index is 4.75. The summed E-state index contributed by atoms with van der Waals surface area (Å²) >= 11 is 1.32. The maximum atomic E-state index is 12.4. The minimum atomic E-state index is -4.94. The molecule has 0 bridgehead atoms. The van der Waals surface area contributed by atoms with Crippen LogP contribution in [0.25, 0.3) is 0 Å². The Labute approximate surface area is 106 Å². The molecule has 0 aliphatic carbocycles. The quantitative estimate of drug-likeness (QED) is 0.665. The highest BCUT2D eigenvalue weighted by molar-refractivity contribution is 7.98. The Morgan fingerprint density at radius 1 is 1.44 bits per heavy atom. The Morgan fingerprint density at radius 2 is 1.94 bits per heavy atom. The van der Waals surface area contributed by atoms with Crippen LogP contribution >= 0.6 is 11.8 Å². The summed E-state index contributed by atoms with van der Waals surface area (Å²) in [7, 11) is 0. The molecule has 0 radical (unpaired) electrons. The number of rotatable bonds is 6. The third kappa shape index (κ3) is 4.37. The zero-order valence-corrected chi connectivity index (χ0v) is 10.7. The van der Waals surface area contributed by atoms with Gasteiger partial charge >= 0.3 is 12.1 Å². The zero-order chi connectivity index (χ0) is 14.6. The largest absolute Gasteiger partial charge is 0.480 e. The van der Waals surface area contributed by atoms with E-state index in [2.05, 4.69) is 0 Å². The van der Waals surface area contributed by atoms with Crippen LogP contribution in [-0.2, 0) is 9.59 Å². The molecular weight excluding hydrogens is 273 g/mol. The van der Waals surface area contributed by atoms with Gasteiger partial charge < -0.3 is 16.2 Å². The number of carbonyl (C=O) groups excluding carboxylic acids is 1. The van der Waals surface area contributed by atoms with Gasteiger partial charge in [-0.25, -0.2) is 4.79 Å². The van der Waals surface area contributed by atoms with Gasteiger partial charge in [0.1, 0.15) is 6.04 Å². The average molecular weight is 288 g/mol. The predicted octanol–water partition coefficient (Wildman–Crippen LogP) is 0.589. The number of hydrogen-bond acceptors (Lipinski definition) is 4. The van der Waals surface area contributed by atoms with E-state index in [0.29, 0.717) is 12.7 Å². The number of thioether (sulfide) groups is 1. The van der Waals surface area contributed by atoms with Crippen LogP contribution in [0.4, 0.5) is 13.2 Å². The molecule has 0 rings (SSSR count). The van der Waals surface area contributed by atoms with Crippen molar-refractivity contribution >= 4 is 23.6 Å². The van der Waals surface area contributed by atoms with Crippen molar-refractivity contribution in [2.24, 2.45) is 5.73 Å². The lowest BCUT2D eigenvalue weighted by molar-refractivity contribution is -0.188. The Bertz CT molecular complexity index is 321. The maximum absolute atomic E-state index is 12.4. The van der Waals surface area contributed by atoms with Crippen molar-refractivity contribution < 1.29 is 27.9 Å². The van der Waals surface area contributed by atoms with E-state index in [-0.39, 0.29) is 6.42 Å². The van der Waals surface area contributed by atoms with Gasteiger partial charge in [-0.1, -0.05) is 0 Å². The molecule has 0 aliphatic rings. The number of carboxylic acids is 1. The number of halogens is 3. The fourth-order valence-corrected chi connectivity index (χ4v) is 1.40. The van der Waals surface area contributed by atoms with Gasteiger partial charge in [0.25, 0.3) is 0 Å². The van der Waals surface area contributed by atoms with Crippen molar-refractivity contribution in [1.29, 1.82) is 0 Å². The molecule has 18 heavy (non-hydrogen) atoms. The molecule has 0 aromatic carbocycles. The summed E-state index contributed by atoms with van der Waals surface area (Å²) in [6.45, 7) is 0.496. The summed E-state index contributed by atoms with van der Waals surface area (Å²) < 4.78 is 37.3. The van der Waals surface area contributed by atoms with Crippen LogP contribution in [0.1, 0.15) is 13.3 Å². The first-order chi connectivity index (χ1) is 8.04. The standard InChI is InChI=1S/C9H15F3N2O3S/c1-8(13,9(10,11)12)7(17)14-5(6(15)16)3-4-18-2/h5H,3-4,13H2,1-2H3,(H,14,17)(H,15,16)/t5-,8?/m1/s1. The van der Waals surface area contributed by atoms with Crippen LogP contribution in [0.5, 0.6) is 0 Å². The number of aliphatic carboxylic acids is 1. The summed E-state index contributed by atoms with van der Waals surface area (Å²) in [4.78, 5) is 22.1. The number of nitrogens with one attached hydrogen (secondary N) is 1. The Kier molecular flexibility index (Phi) is 5.94. The zero-order valence-electron chi connectivity index (χ0n) is 9.87. The molecule has 1 amide bonds. The van der Waals surface area contributed by atoms with Crippen molar-refractivity contribution in [2.45, 2.75) is 31.1 Å². The normalized spacial score (nSPS) is 16.8. The summed E-state index contributed by atoms with van der Waals surface area (Å²) in [5, 5.41) is 10.6. The van der Waals surface area contributed by atoms with Crippen molar-refractivity contribution in [1.82, 2.24) is 5.32 Å². The van der Waals surface area contributed by atoms with Gasteiger partial charge in [-0.05, 0) is 25.4 Å².